The lowest BCUT2D eigenvalue weighted by Crippen LogP contribution is -2.42. The van der Waals surface area contributed by atoms with Crippen LogP contribution in [0.1, 0.15) is 46.5 Å². The first kappa shape index (κ1) is 17.0. The average Bonchev–Trinajstić information content (AvgIpc) is 2.91. The van der Waals surface area contributed by atoms with Crippen molar-refractivity contribution in [2.45, 2.75) is 52.6 Å². The van der Waals surface area contributed by atoms with E-state index in [1.807, 2.05) is 13.8 Å². The molecule has 0 bridgehead atoms. The molecule has 2 amide bonds. The van der Waals surface area contributed by atoms with E-state index < -0.39 is 0 Å². The molecule has 0 aliphatic carbocycles. The van der Waals surface area contributed by atoms with Gasteiger partial charge in [-0.15, -0.1) is 0 Å². The lowest BCUT2D eigenvalue weighted by atomic mass is 10.0. The standard InChI is InChI=1S/C15H28N2O3/c1-4-13(5-2)15(19)16-8-9-17(12(3)18)11-14-7-6-10-20-14/h13-14H,4-11H2,1-3H3,(H,16,19). The summed E-state index contributed by atoms with van der Waals surface area (Å²) in [6.45, 7) is 8.11. The topological polar surface area (TPSA) is 58.6 Å². The molecule has 0 saturated carbocycles. The number of hydrogen-bond acceptors (Lipinski definition) is 3. The predicted octanol–water partition coefficient (Wildman–Crippen LogP) is 1.57. The molecule has 0 aromatic carbocycles. The van der Waals surface area contributed by atoms with Gasteiger partial charge in [0.25, 0.3) is 0 Å². The molecule has 1 fully saturated rings. The molecule has 0 aromatic heterocycles. The van der Waals surface area contributed by atoms with E-state index in [1.54, 1.807) is 11.8 Å². The van der Waals surface area contributed by atoms with Gasteiger partial charge in [-0.1, -0.05) is 13.8 Å². The summed E-state index contributed by atoms with van der Waals surface area (Å²) in [6.07, 6.45) is 3.96. The Labute approximate surface area is 122 Å². The minimum absolute atomic E-state index is 0.0392. The van der Waals surface area contributed by atoms with Gasteiger partial charge in [0.15, 0.2) is 0 Å². The van der Waals surface area contributed by atoms with Crippen molar-refractivity contribution in [1.82, 2.24) is 10.2 Å². The van der Waals surface area contributed by atoms with Crippen molar-refractivity contribution in [2.75, 3.05) is 26.2 Å². The van der Waals surface area contributed by atoms with Crippen LogP contribution >= 0.6 is 0 Å². The Morgan fingerprint density at radius 1 is 1.35 bits per heavy atom. The third-order valence-corrected chi connectivity index (χ3v) is 3.93. The Morgan fingerprint density at radius 3 is 2.55 bits per heavy atom. The van der Waals surface area contributed by atoms with E-state index in [2.05, 4.69) is 5.32 Å². The van der Waals surface area contributed by atoms with Crippen LogP contribution in [0.2, 0.25) is 0 Å². The van der Waals surface area contributed by atoms with Crippen LogP contribution in [-0.2, 0) is 14.3 Å². The Balaban J connectivity index is 2.31. The van der Waals surface area contributed by atoms with Crippen LogP contribution < -0.4 is 5.32 Å². The van der Waals surface area contributed by atoms with Crippen molar-refractivity contribution in [3.63, 3.8) is 0 Å². The Bertz CT molecular complexity index is 310. The molecule has 1 aliphatic rings. The summed E-state index contributed by atoms with van der Waals surface area (Å²) >= 11 is 0. The highest BCUT2D eigenvalue weighted by atomic mass is 16.5. The fourth-order valence-corrected chi connectivity index (χ4v) is 2.53. The molecular weight excluding hydrogens is 256 g/mol. The fourth-order valence-electron chi connectivity index (χ4n) is 2.53. The minimum Gasteiger partial charge on any atom is -0.376 e. The largest absolute Gasteiger partial charge is 0.376 e. The maximum absolute atomic E-state index is 11.9. The van der Waals surface area contributed by atoms with E-state index in [4.69, 9.17) is 4.74 Å². The molecule has 0 aromatic rings. The number of amides is 2. The van der Waals surface area contributed by atoms with Crippen LogP contribution in [0.4, 0.5) is 0 Å². The van der Waals surface area contributed by atoms with Crippen molar-refractivity contribution in [2.24, 2.45) is 5.92 Å². The summed E-state index contributed by atoms with van der Waals surface area (Å²) in [4.78, 5) is 25.2. The summed E-state index contributed by atoms with van der Waals surface area (Å²) < 4.78 is 5.55. The molecule has 116 valence electrons. The monoisotopic (exact) mass is 284 g/mol. The molecule has 20 heavy (non-hydrogen) atoms. The number of carbonyl (C=O) groups is 2. The maximum atomic E-state index is 11.9. The first-order valence-corrected chi connectivity index (χ1v) is 7.73. The summed E-state index contributed by atoms with van der Waals surface area (Å²) in [7, 11) is 0. The molecule has 0 spiro atoms. The average molecular weight is 284 g/mol. The van der Waals surface area contributed by atoms with Gasteiger partial charge in [0, 0.05) is 39.1 Å². The van der Waals surface area contributed by atoms with Gasteiger partial charge in [-0.05, 0) is 25.7 Å². The van der Waals surface area contributed by atoms with Crippen molar-refractivity contribution in [3.05, 3.63) is 0 Å². The second kappa shape index (κ2) is 8.95. The SMILES string of the molecule is CCC(CC)C(=O)NCCN(CC1CCCO1)C(C)=O. The number of ether oxygens (including phenoxy) is 1. The molecule has 5 nitrogen and oxygen atoms in total. The molecule has 1 aliphatic heterocycles. The van der Waals surface area contributed by atoms with E-state index >= 15 is 0 Å². The van der Waals surface area contributed by atoms with Gasteiger partial charge in [0.05, 0.1) is 6.10 Å². The lowest BCUT2D eigenvalue weighted by molar-refractivity contribution is -0.131. The van der Waals surface area contributed by atoms with Gasteiger partial charge in [0.2, 0.25) is 11.8 Å². The van der Waals surface area contributed by atoms with Crippen LogP contribution in [0.15, 0.2) is 0 Å². The minimum atomic E-state index is 0.0392. The number of rotatable bonds is 8. The molecule has 5 heteroatoms. The number of nitrogens with one attached hydrogen (secondary N) is 1. The van der Waals surface area contributed by atoms with Crippen molar-refractivity contribution < 1.29 is 14.3 Å². The summed E-state index contributed by atoms with van der Waals surface area (Å²) in [5.41, 5.74) is 0. The molecule has 1 N–H and O–H groups in total. The van der Waals surface area contributed by atoms with Crippen LogP contribution in [0.25, 0.3) is 0 Å². The van der Waals surface area contributed by atoms with E-state index in [0.29, 0.717) is 19.6 Å². The smallest absolute Gasteiger partial charge is 0.223 e. The van der Waals surface area contributed by atoms with Crippen molar-refractivity contribution in [1.29, 1.82) is 0 Å². The fraction of sp³-hybridized carbons (Fsp3) is 0.867. The normalized spacial score (nSPS) is 18.3. The van der Waals surface area contributed by atoms with E-state index in [0.717, 1.165) is 32.3 Å². The van der Waals surface area contributed by atoms with Gasteiger partial charge in [-0.25, -0.2) is 0 Å². The zero-order valence-corrected chi connectivity index (χ0v) is 13.0. The molecule has 1 saturated heterocycles. The zero-order chi connectivity index (χ0) is 15.0. The van der Waals surface area contributed by atoms with Gasteiger partial charge in [-0.2, -0.15) is 0 Å². The van der Waals surface area contributed by atoms with Crippen molar-refractivity contribution in [3.8, 4) is 0 Å². The van der Waals surface area contributed by atoms with Crippen molar-refractivity contribution >= 4 is 11.8 Å². The molecule has 1 unspecified atom stereocenters. The highest BCUT2D eigenvalue weighted by Crippen LogP contribution is 2.13. The first-order chi connectivity index (χ1) is 9.58. The second-order valence-electron chi connectivity index (χ2n) is 5.40. The first-order valence-electron chi connectivity index (χ1n) is 7.73. The van der Waals surface area contributed by atoms with Gasteiger partial charge in [0.1, 0.15) is 0 Å². The van der Waals surface area contributed by atoms with E-state index in [1.165, 1.54) is 0 Å². The Hall–Kier alpha value is -1.10. The van der Waals surface area contributed by atoms with Crippen LogP contribution in [0.3, 0.4) is 0 Å². The predicted molar refractivity (Wildman–Crippen MR) is 78.3 cm³/mol. The van der Waals surface area contributed by atoms with Crippen LogP contribution in [-0.4, -0.2) is 49.1 Å². The summed E-state index contributed by atoms with van der Waals surface area (Å²) in [5, 5.41) is 2.92. The third kappa shape index (κ3) is 5.49. The molecule has 1 rings (SSSR count). The molecule has 1 atom stereocenters. The lowest BCUT2D eigenvalue weighted by Gasteiger charge is -2.24. The quantitative estimate of drug-likeness (QED) is 0.736. The van der Waals surface area contributed by atoms with Crippen LogP contribution in [0.5, 0.6) is 0 Å². The van der Waals surface area contributed by atoms with Gasteiger partial charge < -0.3 is 15.0 Å². The maximum Gasteiger partial charge on any atom is 0.223 e. The molecule has 1 heterocycles. The highest BCUT2D eigenvalue weighted by molar-refractivity contribution is 5.78. The van der Waals surface area contributed by atoms with E-state index in [-0.39, 0.29) is 23.8 Å². The summed E-state index contributed by atoms with van der Waals surface area (Å²) in [5.74, 6) is 0.215. The van der Waals surface area contributed by atoms with Gasteiger partial charge >= 0.3 is 0 Å². The number of carbonyl (C=O) groups excluding carboxylic acids is 2. The number of nitrogens with zero attached hydrogens (tertiary/aromatic N) is 1. The highest BCUT2D eigenvalue weighted by Gasteiger charge is 2.21. The Morgan fingerprint density at radius 2 is 2.05 bits per heavy atom. The number of hydrogen-bond donors (Lipinski definition) is 1. The summed E-state index contributed by atoms with van der Waals surface area (Å²) in [6, 6.07) is 0. The third-order valence-electron chi connectivity index (χ3n) is 3.93. The van der Waals surface area contributed by atoms with E-state index in [9.17, 15) is 9.59 Å². The molecular formula is C15H28N2O3. The van der Waals surface area contributed by atoms with Crippen LogP contribution in [0, 0.1) is 5.92 Å². The van der Waals surface area contributed by atoms with Gasteiger partial charge in [-0.3, -0.25) is 9.59 Å². The molecule has 0 radical (unpaired) electrons. The second-order valence-corrected chi connectivity index (χ2v) is 5.40. The zero-order valence-electron chi connectivity index (χ0n) is 13.0. The Kier molecular flexibility index (Phi) is 7.59.